The molecule has 0 saturated carbocycles. The first-order valence-corrected chi connectivity index (χ1v) is 6.40. The summed E-state index contributed by atoms with van der Waals surface area (Å²) in [5.41, 5.74) is 5.97. The number of nitrogens with two attached hydrogens (primary N) is 1. The molecular weight excluding hydrogens is 228 g/mol. The second-order valence-electron chi connectivity index (χ2n) is 4.93. The van der Waals surface area contributed by atoms with Crippen LogP contribution in [0, 0.1) is 5.41 Å². The van der Waals surface area contributed by atoms with Gasteiger partial charge in [0.25, 0.3) is 0 Å². The molecule has 18 heavy (non-hydrogen) atoms. The molecule has 1 unspecified atom stereocenters. The number of piperazine rings is 1. The molecule has 0 spiro atoms. The third-order valence-corrected chi connectivity index (χ3v) is 3.79. The predicted octanol–water partition coefficient (Wildman–Crippen LogP) is 0.0451. The summed E-state index contributed by atoms with van der Waals surface area (Å²) in [5.74, 6) is 0.701. The highest BCUT2D eigenvalue weighted by atomic mass is 15.3. The van der Waals surface area contributed by atoms with Crippen molar-refractivity contribution in [3.05, 3.63) is 18.0 Å². The van der Waals surface area contributed by atoms with Crippen LogP contribution in [0.25, 0.3) is 0 Å². The molecule has 1 aromatic heterocycles. The second kappa shape index (κ2) is 4.53. The minimum Gasteiger partial charge on any atom is -0.382 e. The van der Waals surface area contributed by atoms with Gasteiger partial charge >= 0.3 is 0 Å². The molecule has 0 bridgehead atoms. The highest BCUT2D eigenvalue weighted by molar-refractivity contribution is 5.93. The number of amidine groups is 1. The summed E-state index contributed by atoms with van der Waals surface area (Å²) < 4.78 is 0. The van der Waals surface area contributed by atoms with Crippen molar-refractivity contribution in [2.75, 3.05) is 31.1 Å². The van der Waals surface area contributed by atoms with Crippen molar-refractivity contribution in [1.82, 2.24) is 14.9 Å². The molecule has 2 aliphatic rings. The van der Waals surface area contributed by atoms with Gasteiger partial charge in [0.05, 0.1) is 0 Å². The molecule has 1 atom stereocenters. The van der Waals surface area contributed by atoms with Crippen LogP contribution in [0.1, 0.15) is 18.5 Å². The number of fused-ring (bicyclic) bond motifs is 1. The van der Waals surface area contributed by atoms with Gasteiger partial charge in [-0.05, 0) is 25.5 Å². The zero-order chi connectivity index (χ0) is 12.5. The summed E-state index contributed by atoms with van der Waals surface area (Å²) >= 11 is 0. The molecule has 6 heteroatoms. The molecule has 3 heterocycles. The Kier molecular flexibility index (Phi) is 2.87. The predicted molar refractivity (Wildman–Crippen MR) is 69.9 cm³/mol. The van der Waals surface area contributed by atoms with E-state index in [1.165, 1.54) is 19.4 Å². The Hall–Kier alpha value is -1.69. The molecule has 2 saturated heterocycles. The summed E-state index contributed by atoms with van der Waals surface area (Å²) in [6.07, 6.45) is 4.25. The summed E-state index contributed by atoms with van der Waals surface area (Å²) in [5, 5.41) is 7.42. The number of rotatable bonds is 2. The molecule has 0 aromatic carbocycles. The molecule has 96 valence electrons. The lowest BCUT2D eigenvalue weighted by Gasteiger charge is -2.37. The van der Waals surface area contributed by atoms with Gasteiger partial charge in [-0.3, -0.25) is 10.3 Å². The van der Waals surface area contributed by atoms with Gasteiger partial charge in [0.15, 0.2) is 0 Å². The zero-order valence-corrected chi connectivity index (χ0v) is 10.3. The standard InChI is InChI=1S/C12H18N6/c13-11(14)10-3-4-15-12(16-10)18-7-6-17-5-1-2-9(17)8-18/h3-4,9H,1-2,5-8H2,(H3,13,14). The highest BCUT2D eigenvalue weighted by Gasteiger charge is 2.31. The van der Waals surface area contributed by atoms with Crippen LogP contribution >= 0.6 is 0 Å². The molecule has 2 fully saturated rings. The smallest absolute Gasteiger partial charge is 0.226 e. The minimum absolute atomic E-state index is 0.00171. The van der Waals surface area contributed by atoms with Crippen LogP contribution in [0.4, 0.5) is 5.95 Å². The maximum atomic E-state index is 7.42. The maximum Gasteiger partial charge on any atom is 0.226 e. The zero-order valence-electron chi connectivity index (χ0n) is 10.3. The Morgan fingerprint density at radius 2 is 2.28 bits per heavy atom. The molecule has 3 N–H and O–H groups in total. The number of hydrogen-bond acceptors (Lipinski definition) is 5. The Balaban J connectivity index is 1.78. The van der Waals surface area contributed by atoms with Crippen LogP contribution in [0.15, 0.2) is 12.3 Å². The summed E-state index contributed by atoms with van der Waals surface area (Å²) in [4.78, 5) is 13.4. The SMILES string of the molecule is N=C(N)c1ccnc(N2CCN3CCCC3C2)n1. The lowest BCUT2D eigenvalue weighted by molar-refractivity contribution is 0.229. The normalized spacial score (nSPS) is 24.0. The first-order valence-electron chi connectivity index (χ1n) is 6.40. The van der Waals surface area contributed by atoms with E-state index in [0.717, 1.165) is 19.6 Å². The van der Waals surface area contributed by atoms with E-state index >= 15 is 0 Å². The topological polar surface area (TPSA) is 82.1 Å². The monoisotopic (exact) mass is 246 g/mol. The minimum atomic E-state index is -0.00171. The third kappa shape index (κ3) is 2.03. The molecule has 2 aliphatic heterocycles. The van der Waals surface area contributed by atoms with E-state index in [4.69, 9.17) is 11.1 Å². The quantitative estimate of drug-likeness (QED) is 0.569. The summed E-state index contributed by atoms with van der Waals surface area (Å²) in [6, 6.07) is 2.32. The van der Waals surface area contributed by atoms with Crippen LogP contribution in [-0.4, -0.2) is 52.9 Å². The molecule has 6 nitrogen and oxygen atoms in total. The van der Waals surface area contributed by atoms with Gasteiger partial charge in [-0.25, -0.2) is 9.97 Å². The number of hydrogen-bond donors (Lipinski definition) is 2. The number of aromatic nitrogens is 2. The molecule has 0 amide bonds. The molecule has 3 rings (SSSR count). The first kappa shape index (κ1) is 11.4. The highest BCUT2D eigenvalue weighted by Crippen LogP contribution is 2.23. The van der Waals surface area contributed by atoms with E-state index in [1.54, 1.807) is 12.3 Å². The maximum absolute atomic E-state index is 7.42. The molecule has 1 aromatic rings. The van der Waals surface area contributed by atoms with Crippen molar-refractivity contribution in [1.29, 1.82) is 5.41 Å². The van der Waals surface area contributed by atoms with Gasteiger partial charge in [-0.2, -0.15) is 0 Å². The van der Waals surface area contributed by atoms with Crippen LogP contribution in [0.5, 0.6) is 0 Å². The third-order valence-electron chi connectivity index (χ3n) is 3.79. The summed E-state index contributed by atoms with van der Waals surface area (Å²) in [7, 11) is 0. The largest absolute Gasteiger partial charge is 0.382 e. The molecule has 0 aliphatic carbocycles. The second-order valence-corrected chi connectivity index (χ2v) is 4.93. The van der Waals surface area contributed by atoms with Crippen molar-refractivity contribution in [2.45, 2.75) is 18.9 Å². The van der Waals surface area contributed by atoms with Crippen LogP contribution in [-0.2, 0) is 0 Å². The van der Waals surface area contributed by atoms with Crippen LogP contribution < -0.4 is 10.6 Å². The van der Waals surface area contributed by atoms with Gasteiger partial charge in [-0.15, -0.1) is 0 Å². The number of anilines is 1. The van der Waals surface area contributed by atoms with Crippen molar-refractivity contribution in [2.24, 2.45) is 5.73 Å². The Morgan fingerprint density at radius 1 is 1.39 bits per heavy atom. The fourth-order valence-electron chi connectivity index (χ4n) is 2.82. The van der Waals surface area contributed by atoms with Crippen molar-refractivity contribution in [3.63, 3.8) is 0 Å². The first-order chi connectivity index (χ1) is 8.74. The van der Waals surface area contributed by atoms with Crippen molar-refractivity contribution >= 4 is 11.8 Å². The molecular formula is C12H18N6. The Bertz CT molecular complexity index is 460. The fraction of sp³-hybridized carbons (Fsp3) is 0.583. The average molecular weight is 246 g/mol. The van der Waals surface area contributed by atoms with Gasteiger partial charge < -0.3 is 10.6 Å². The van der Waals surface area contributed by atoms with Crippen LogP contribution in [0.2, 0.25) is 0 Å². The van der Waals surface area contributed by atoms with E-state index in [2.05, 4.69) is 19.8 Å². The number of nitrogens with zero attached hydrogens (tertiary/aromatic N) is 4. The molecule has 0 radical (unpaired) electrons. The van der Waals surface area contributed by atoms with E-state index < -0.39 is 0 Å². The Labute approximate surface area is 106 Å². The average Bonchev–Trinajstić information content (AvgIpc) is 2.86. The lowest BCUT2D eigenvalue weighted by Crippen LogP contribution is -2.50. The van der Waals surface area contributed by atoms with Gasteiger partial charge in [0, 0.05) is 31.9 Å². The van der Waals surface area contributed by atoms with E-state index in [1.807, 2.05) is 0 Å². The van der Waals surface area contributed by atoms with E-state index in [0.29, 0.717) is 17.7 Å². The Morgan fingerprint density at radius 3 is 3.11 bits per heavy atom. The number of nitrogen functional groups attached to an aromatic ring is 1. The van der Waals surface area contributed by atoms with Crippen molar-refractivity contribution < 1.29 is 0 Å². The summed E-state index contributed by atoms with van der Waals surface area (Å²) in [6.45, 7) is 4.25. The van der Waals surface area contributed by atoms with E-state index in [9.17, 15) is 0 Å². The van der Waals surface area contributed by atoms with Gasteiger partial charge in [0.1, 0.15) is 11.5 Å². The lowest BCUT2D eigenvalue weighted by atomic mass is 10.1. The van der Waals surface area contributed by atoms with Crippen LogP contribution in [0.3, 0.4) is 0 Å². The van der Waals surface area contributed by atoms with Gasteiger partial charge in [-0.1, -0.05) is 0 Å². The fourth-order valence-corrected chi connectivity index (χ4v) is 2.82. The van der Waals surface area contributed by atoms with Gasteiger partial charge in [0.2, 0.25) is 5.95 Å². The van der Waals surface area contributed by atoms with Crippen molar-refractivity contribution in [3.8, 4) is 0 Å². The van der Waals surface area contributed by atoms with E-state index in [-0.39, 0.29) is 5.84 Å². The number of nitrogens with one attached hydrogen (secondary N) is 1.